The van der Waals surface area contributed by atoms with Crippen molar-refractivity contribution in [2.75, 3.05) is 31.6 Å². The van der Waals surface area contributed by atoms with E-state index in [4.69, 9.17) is 11.1 Å². The Bertz CT molecular complexity index is 484. The van der Waals surface area contributed by atoms with Crippen LogP contribution in [0.25, 0.3) is 0 Å². The third kappa shape index (κ3) is 2.50. The van der Waals surface area contributed by atoms with Crippen LogP contribution in [0.5, 0.6) is 0 Å². The summed E-state index contributed by atoms with van der Waals surface area (Å²) in [6.07, 6.45) is 5.73. The minimum Gasteiger partial charge on any atom is -0.382 e. The fourth-order valence-electron chi connectivity index (χ4n) is 3.62. The average Bonchev–Trinajstić information content (AvgIpc) is 2.47. The Balaban J connectivity index is 1.71. The molecule has 2 fully saturated rings. The molecule has 0 aromatic carbocycles. The van der Waals surface area contributed by atoms with Crippen molar-refractivity contribution in [3.8, 4) is 0 Å². The van der Waals surface area contributed by atoms with Crippen LogP contribution in [0.3, 0.4) is 0 Å². The Hall–Kier alpha value is -1.62. The third-order valence-electron chi connectivity index (χ3n) is 4.73. The largest absolute Gasteiger partial charge is 0.382 e. The molecule has 2 atom stereocenters. The SMILES string of the molecule is CN1CCCC2CN(c3ccc(C(=N)N)nc3)CCC21. The monoisotopic (exact) mass is 273 g/mol. The normalized spacial score (nSPS) is 27.1. The number of piperidine rings is 2. The van der Waals surface area contributed by atoms with Crippen LogP contribution < -0.4 is 10.6 Å². The van der Waals surface area contributed by atoms with E-state index >= 15 is 0 Å². The summed E-state index contributed by atoms with van der Waals surface area (Å²) in [6.45, 7) is 3.46. The predicted molar refractivity (Wildman–Crippen MR) is 81.2 cm³/mol. The molecule has 1 aromatic rings. The van der Waals surface area contributed by atoms with Crippen molar-refractivity contribution in [1.82, 2.24) is 9.88 Å². The smallest absolute Gasteiger partial charge is 0.141 e. The first kappa shape index (κ1) is 13.4. The number of hydrogen-bond acceptors (Lipinski definition) is 4. The van der Waals surface area contributed by atoms with Crippen LogP contribution in [0.4, 0.5) is 5.69 Å². The van der Waals surface area contributed by atoms with E-state index in [1.807, 2.05) is 18.3 Å². The summed E-state index contributed by atoms with van der Waals surface area (Å²) in [5.41, 5.74) is 7.16. The van der Waals surface area contributed by atoms with Gasteiger partial charge in [0.1, 0.15) is 11.5 Å². The number of hydrogen-bond donors (Lipinski definition) is 2. The van der Waals surface area contributed by atoms with Gasteiger partial charge in [0.25, 0.3) is 0 Å². The highest BCUT2D eigenvalue weighted by Crippen LogP contribution is 2.31. The molecule has 5 nitrogen and oxygen atoms in total. The molecule has 0 radical (unpaired) electrons. The highest BCUT2D eigenvalue weighted by atomic mass is 15.2. The second-order valence-corrected chi connectivity index (χ2v) is 6.00. The van der Waals surface area contributed by atoms with E-state index in [9.17, 15) is 0 Å². The Morgan fingerprint density at radius 3 is 2.90 bits per heavy atom. The molecule has 3 rings (SSSR count). The van der Waals surface area contributed by atoms with Gasteiger partial charge in [-0.3, -0.25) is 10.4 Å². The van der Waals surface area contributed by atoms with Crippen molar-refractivity contribution in [2.45, 2.75) is 25.3 Å². The summed E-state index contributed by atoms with van der Waals surface area (Å²) in [6, 6.07) is 4.64. The maximum absolute atomic E-state index is 7.39. The van der Waals surface area contributed by atoms with Gasteiger partial charge in [0, 0.05) is 19.1 Å². The molecule has 3 N–H and O–H groups in total. The number of likely N-dealkylation sites (tertiary alicyclic amines) is 1. The summed E-state index contributed by atoms with van der Waals surface area (Å²) < 4.78 is 0. The number of fused-ring (bicyclic) bond motifs is 1. The van der Waals surface area contributed by atoms with Gasteiger partial charge in [-0.1, -0.05) is 0 Å². The quantitative estimate of drug-likeness (QED) is 0.629. The van der Waals surface area contributed by atoms with Crippen molar-refractivity contribution in [2.24, 2.45) is 11.7 Å². The molecule has 3 heterocycles. The molecule has 0 spiro atoms. The first-order valence-corrected chi connectivity index (χ1v) is 7.41. The fraction of sp³-hybridized carbons (Fsp3) is 0.600. The molecule has 2 aliphatic rings. The molecule has 108 valence electrons. The van der Waals surface area contributed by atoms with E-state index in [-0.39, 0.29) is 5.84 Å². The van der Waals surface area contributed by atoms with Crippen LogP contribution in [-0.2, 0) is 0 Å². The van der Waals surface area contributed by atoms with Crippen LogP contribution >= 0.6 is 0 Å². The lowest BCUT2D eigenvalue weighted by Crippen LogP contribution is -2.52. The van der Waals surface area contributed by atoms with Crippen LogP contribution in [0.15, 0.2) is 18.3 Å². The van der Waals surface area contributed by atoms with E-state index in [1.54, 1.807) is 0 Å². The predicted octanol–water partition coefficient (Wildman–Crippen LogP) is 1.29. The molecular weight excluding hydrogens is 250 g/mol. The number of aromatic nitrogens is 1. The Kier molecular flexibility index (Phi) is 3.61. The molecule has 2 unspecified atom stereocenters. The minimum absolute atomic E-state index is 0.0316. The highest BCUT2D eigenvalue weighted by Gasteiger charge is 2.34. The van der Waals surface area contributed by atoms with Gasteiger partial charge in [-0.05, 0) is 50.9 Å². The zero-order valence-electron chi connectivity index (χ0n) is 12.0. The third-order valence-corrected chi connectivity index (χ3v) is 4.73. The van der Waals surface area contributed by atoms with Crippen LogP contribution in [-0.4, -0.2) is 48.4 Å². The lowest BCUT2D eigenvalue weighted by molar-refractivity contribution is 0.102. The van der Waals surface area contributed by atoms with Gasteiger partial charge in [-0.15, -0.1) is 0 Å². The topological polar surface area (TPSA) is 69.2 Å². The Morgan fingerprint density at radius 1 is 1.35 bits per heavy atom. The van der Waals surface area contributed by atoms with Gasteiger partial charge < -0.3 is 15.5 Å². The summed E-state index contributed by atoms with van der Waals surface area (Å²) in [4.78, 5) is 9.23. The molecule has 5 heteroatoms. The summed E-state index contributed by atoms with van der Waals surface area (Å²) in [5, 5.41) is 7.39. The molecule has 2 aliphatic heterocycles. The van der Waals surface area contributed by atoms with Crippen molar-refractivity contribution in [3.05, 3.63) is 24.0 Å². The van der Waals surface area contributed by atoms with E-state index in [1.165, 1.54) is 25.8 Å². The number of nitrogens with zero attached hydrogens (tertiary/aromatic N) is 3. The van der Waals surface area contributed by atoms with Crippen molar-refractivity contribution in [1.29, 1.82) is 5.41 Å². The van der Waals surface area contributed by atoms with Crippen molar-refractivity contribution >= 4 is 11.5 Å². The molecule has 1 aromatic heterocycles. The summed E-state index contributed by atoms with van der Waals surface area (Å²) in [7, 11) is 2.26. The van der Waals surface area contributed by atoms with Gasteiger partial charge in [0.15, 0.2) is 0 Å². The standard InChI is InChI=1S/C15H23N5/c1-19-7-2-3-11-10-20(8-6-14(11)19)12-4-5-13(15(16)17)18-9-12/h4-5,9,11,14H,2-3,6-8,10H2,1H3,(H3,16,17). The van der Waals surface area contributed by atoms with E-state index in [0.717, 1.165) is 30.7 Å². The fourth-order valence-corrected chi connectivity index (χ4v) is 3.62. The number of nitrogens with one attached hydrogen (secondary N) is 1. The first-order valence-electron chi connectivity index (χ1n) is 7.41. The Labute approximate surface area is 120 Å². The van der Waals surface area contributed by atoms with Gasteiger partial charge in [0.05, 0.1) is 11.9 Å². The average molecular weight is 273 g/mol. The van der Waals surface area contributed by atoms with Gasteiger partial charge in [0.2, 0.25) is 0 Å². The Morgan fingerprint density at radius 2 is 2.20 bits per heavy atom. The number of rotatable bonds is 2. The molecule has 20 heavy (non-hydrogen) atoms. The minimum atomic E-state index is 0.0316. The van der Waals surface area contributed by atoms with Gasteiger partial charge >= 0.3 is 0 Å². The first-order chi connectivity index (χ1) is 9.65. The lowest BCUT2D eigenvalue weighted by atomic mass is 9.84. The molecule has 0 saturated carbocycles. The van der Waals surface area contributed by atoms with Crippen LogP contribution in [0, 0.1) is 11.3 Å². The zero-order chi connectivity index (χ0) is 14.1. The van der Waals surface area contributed by atoms with E-state index < -0.39 is 0 Å². The van der Waals surface area contributed by atoms with E-state index in [2.05, 4.69) is 21.8 Å². The van der Waals surface area contributed by atoms with Gasteiger partial charge in [-0.2, -0.15) is 0 Å². The lowest BCUT2D eigenvalue weighted by Gasteiger charge is -2.46. The molecule has 0 bridgehead atoms. The molecule has 0 amide bonds. The number of nitrogen functional groups attached to an aromatic ring is 1. The molecular formula is C15H23N5. The molecule has 0 aliphatic carbocycles. The van der Waals surface area contributed by atoms with Crippen molar-refractivity contribution in [3.63, 3.8) is 0 Å². The highest BCUT2D eigenvalue weighted by molar-refractivity contribution is 5.93. The van der Waals surface area contributed by atoms with Crippen LogP contribution in [0.2, 0.25) is 0 Å². The molecule has 2 saturated heterocycles. The summed E-state index contributed by atoms with van der Waals surface area (Å²) in [5.74, 6) is 0.805. The second-order valence-electron chi connectivity index (χ2n) is 6.00. The summed E-state index contributed by atoms with van der Waals surface area (Å²) >= 11 is 0. The maximum atomic E-state index is 7.39. The number of amidine groups is 1. The van der Waals surface area contributed by atoms with Gasteiger partial charge in [-0.25, -0.2) is 0 Å². The van der Waals surface area contributed by atoms with E-state index in [0.29, 0.717) is 5.69 Å². The zero-order valence-corrected chi connectivity index (χ0v) is 12.0. The van der Waals surface area contributed by atoms with Crippen molar-refractivity contribution < 1.29 is 0 Å². The number of anilines is 1. The maximum Gasteiger partial charge on any atom is 0.141 e. The van der Waals surface area contributed by atoms with Crippen LogP contribution in [0.1, 0.15) is 25.0 Å². The second kappa shape index (κ2) is 5.40. The number of pyridine rings is 1. The number of nitrogens with two attached hydrogens (primary N) is 1.